The summed E-state index contributed by atoms with van der Waals surface area (Å²) in [6, 6.07) is 0. The van der Waals surface area contributed by atoms with E-state index < -0.39 is 15.7 Å². The predicted octanol–water partition coefficient (Wildman–Crippen LogP) is -0.518. The highest BCUT2D eigenvalue weighted by Gasteiger charge is 2.04. The highest BCUT2D eigenvalue weighted by Crippen LogP contribution is 1.96. The molecule has 0 rings (SSSR count). The normalized spacial score (nSPS) is 15.9. The molecule has 4 nitrogen and oxygen atoms in total. The van der Waals surface area contributed by atoms with Gasteiger partial charge in [-0.1, -0.05) is 0 Å². The van der Waals surface area contributed by atoms with Crippen LogP contribution in [0.15, 0.2) is 0 Å². The minimum atomic E-state index is -3.80. The first-order valence-corrected chi connectivity index (χ1v) is 3.79. The van der Waals surface area contributed by atoms with E-state index in [1.165, 1.54) is 6.92 Å². The van der Waals surface area contributed by atoms with Crippen molar-refractivity contribution >= 4 is 22.9 Å². The monoisotopic (exact) mass is 157 g/mol. The zero-order valence-corrected chi connectivity index (χ0v) is 5.95. The molecule has 0 aromatic heterocycles. The maximum absolute atomic E-state index is 9.95. The third-order valence-corrected chi connectivity index (χ3v) is 1.08. The summed E-state index contributed by atoms with van der Waals surface area (Å²) in [7, 11) is -3.80. The predicted molar refractivity (Wildman–Crippen MR) is 32.6 cm³/mol. The SMILES string of the molecule is C[C@H](S)OS(N)(=O)=O. The lowest BCUT2D eigenvalue weighted by Gasteiger charge is -2.00. The van der Waals surface area contributed by atoms with Crippen molar-refractivity contribution in [3.8, 4) is 0 Å². The van der Waals surface area contributed by atoms with Gasteiger partial charge in [-0.05, 0) is 6.92 Å². The minimum absolute atomic E-state index is 0.676. The Morgan fingerprint density at radius 3 is 2.12 bits per heavy atom. The van der Waals surface area contributed by atoms with Gasteiger partial charge in [0.1, 0.15) is 5.44 Å². The van der Waals surface area contributed by atoms with E-state index in [1.807, 2.05) is 0 Å². The number of nitrogens with two attached hydrogens (primary N) is 1. The van der Waals surface area contributed by atoms with E-state index in [0.29, 0.717) is 0 Å². The fraction of sp³-hybridized carbons (Fsp3) is 1.00. The topological polar surface area (TPSA) is 69.4 Å². The summed E-state index contributed by atoms with van der Waals surface area (Å²) in [6.45, 7) is 1.45. The van der Waals surface area contributed by atoms with E-state index in [4.69, 9.17) is 0 Å². The van der Waals surface area contributed by atoms with Gasteiger partial charge in [0.05, 0.1) is 0 Å². The van der Waals surface area contributed by atoms with Crippen molar-refractivity contribution in [3.63, 3.8) is 0 Å². The summed E-state index contributed by atoms with van der Waals surface area (Å²) in [5.41, 5.74) is -0.676. The summed E-state index contributed by atoms with van der Waals surface area (Å²) < 4.78 is 23.9. The summed E-state index contributed by atoms with van der Waals surface area (Å²) in [4.78, 5) is 0. The second-order valence-electron chi connectivity index (χ2n) is 1.19. The van der Waals surface area contributed by atoms with Crippen LogP contribution < -0.4 is 5.14 Å². The molecule has 0 aliphatic carbocycles. The maximum Gasteiger partial charge on any atom is 0.334 e. The number of thiol groups is 1. The Morgan fingerprint density at radius 1 is 1.75 bits per heavy atom. The molecule has 0 radical (unpaired) electrons. The second kappa shape index (κ2) is 2.67. The molecule has 1 atom stereocenters. The zero-order chi connectivity index (χ0) is 6.78. The van der Waals surface area contributed by atoms with Crippen LogP contribution in [-0.4, -0.2) is 13.9 Å². The molecule has 0 spiro atoms. The van der Waals surface area contributed by atoms with E-state index in [0.717, 1.165) is 0 Å². The average Bonchev–Trinajstić information content (AvgIpc) is 1.21. The van der Waals surface area contributed by atoms with Crippen LogP contribution in [0.3, 0.4) is 0 Å². The van der Waals surface area contributed by atoms with Gasteiger partial charge in [-0.2, -0.15) is 8.42 Å². The van der Waals surface area contributed by atoms with Crippen LogP contribution >= 0.6 is 12.6 Å². The molecule has 8 heavy (non-hydrogen) atoms. The third-order valence-electron chi connectivity index (χ3n) is 0.273. The molecule has 0 saturated carbocycles. The Labute approximate surface area is 53.7 Å². The molecule has 0 amide bonds. The molecule has 50 valence electrons. The first-order chi connectivity index (χ1) is 3.42. The van der Waals surface area contributed by atoms with Gasteiger partial charge >= 0.3 is 10.3 Å². The van der Waals surface area contributed by atoms with E-state index in [1.54, 1.807) is 0 Å². The molecule has 0 unspecified atom stereocenters. The van der Waals surface area contributed by atoms with Crippen LogP contribution in [0.25, 0.3) is 0 Å². The fourth-order valence-corrected chi connectivity index (χ4v) is 0.942. The Hall–Kier alpha value is 0.220. The lowest BCUT2D eigenvalue weighted by molar-refractivity contribution is 0.312. The molecular weight excluding hydrogens is 150 g/mol. The van der Waals surface area contributed by atoms with E-state index >= 15 is 0 Å². The van der Waals surface area contributed by atoms with Crippen molar-refractivity contribution in [2.45, 2.75) is 12.4 Å². The highest BCUT2D eigenvalue weighted by molar-refractivity contribution is 7.86. The maximum atomic E-state index is 9.95. The molecule has 0 aromatic carbocycles. The molecule has 0 heterocycles. The lowest BCUT2D eigenvalue weighted by Crippen LogP contribution is -2.18. The molecular formula is C2H7NO3S2. The Bertz CT molecular complexity index is 149. The minimum Gasteiger partial charge on any atom is -0.244 e. The number of hydrogen-bond donors (Lipinski definition) is 2. The van der Waals surface area contributed by atoms with Crippen LogP contribution in [0.2, 0.25) is 0 Å². The van der Waals surface area contributed by atoms with Gasteiger partial charge in [0, 0.05) is 0 Å². The quantitative estimate of drug-likeness (QED) is 0.418. The Balaban J connectivity index is 3.75. The van der Waals surface area contributed by atoms with E-state index in [2.05, 4.69) is 22.0 Å². The summed E-state index contributed by atoms with van der Waals surface area (Å²) in [5, 5.41) is 4.44. The zero-order valence-electron chi connectivity index (χ0n) is 4.23. The van der Waals surface area contributed by atoms with Gasteiger partial charge < -0.3 is 0 Å². The van der Waals surface area contributed by atoms with Crippen LogP contribution in [-0.2, 0) is 14.5 Å². The standard InChI is InChI=1S/C2H7NO3S2/c1-2(7)6-8(3,4)5/h2,7H,1H3,(H2,3,4,5)/t2-/m0/s1. The van der Waals surface area contributed by atoms with Crippen molar-refractivity contribution in [3.05, 3.63) is 0 Å². The van der Waals surface area contributed by atoms with Gasteiger partial charge in [-0.25, -0.2) is 9.32 Å². The van der Waals surface area contributed by atoms with Gasteiger partial charge in [0.25, 0.3) is 0 Å². The van der Waals surface area contributed by atoms with Gasteiger partial charge in [-0.3, -0.25) is 0 Å². The lowest BCUT2D eigenvalue weighted by atomic mass is 10.9. The Kier molecular flexibility index (Phi) is 2.75. The molecule has 0 aliphatic rings. The van der Waals surface area contributed by atoms with Crippen LogP contribution in [0.5, 0.6) is 0 Å². The molecule has 2 N–H and O–H groups in total. The van der Waals surface area contributed by atoms with Crippen molar-refractivity contribution < 1.29 is 12.6 Å². The second-order valence-corrected chi connectivity index (χ2v) is 3.09. The van der Waals surface area contributed by atoms with Gasteiger partial charge in [0.15, 0.2) is 0 Å². The van der Waals surface area contributed by atoms with E-state index in [-0.39, 0.29) is 0 Å². The molecule has 0 aliphatic heterocycles. The van der Waals surface area contributed by atoms with Crippen molar-refractivity contribution in [1.29, 1.82) is 0 Å². The molecule has 0 fully saturated rings. The van der Waals surface area contributed by atoms with E-state index in [9.17, 15) is 8.42 Å². The molecule has 0 aromatic rings. The number of hydrogen-bond acceptors (Lipinski definition) is 4. The van der Waals surface area contributed by atoms with Gasteiger partial charge in [-0.15, -0.1) is 12.6 Å². The highest BCUT2D eigenvalue weighted by atomic mass is 32.2. The third kappa shape index (κ3) is 6.22. The van der Waals surface area contributed by atoms with Crippen LogP contribution in [0, 0.1) is 0 Å². The van der Waals surface area contributed by atoms with Gasteiger partial charge in [0.2, 0.25) is 0 Å². The smallest absolute Gasteiger partial charge is 0.244 e. The fourth-order valence-electron chi connectivity index (χ4n) is 0.194. The van der Waals surface area contributed by atoms with Crippen molar-refractivity contribution in [2.75, 3.05) is 0 Å². The molecule has 0 bridgehead atoms. The summed E-state index contributed by atoms with van der Waals surface area (Å²) >= 11 is 3.61. The summed E-state index contributed by atoms with van der Waals surface area (Å²) in [5.74, 6) is 0. The largest absolute Gasteiger partial charge is 0.334 e. The number of rotatable bonds is 2. The average molecular weight is 157 g/mol. The summed E-state index contributed by atoms with van der Waals surface area (Å²) in [6.07, 6.45) is 0. The van der Waals surface area contributed by atoms with Crippen LogP contribution in [0.1, 0.15) is 6.92 Å². The molecule has 0 saturated heterocycles. The molecule has 6 heteroatoms. The first kappa shape index (κ1) is 8.22. The van der Waals surface area contributed by atoms with Crippen molar-refractivity contribution in [1.82, 2.24) is 0 Å². The van der Waals surface area contributed by atoms with Crippen LogP contribution in [0.4, 0.5) is 0 Å². The Morgan fingerprint density at radius 2 is 2.12 bits per heavy atom. The first-order valence-electron chi connectivity index (χ1n) is 1.81. The van der Waals surface area contributed by atoms with Crippen molar-refractivity contribution in [2.24, 2.45) is 5.14 Å².